The molecule has 0 atom stereocenters. The van der Waals surface area contributed by atoms with Crippen molar-refractivity contribution in [1.29, 1.82) is 0 Å². The predicted octanol–water partition coefficient (Wildman–Crippen LogP) is 2.57. The van der Waals surface area contributed by atoms with Gasteiger partial charge in [0.2, 0.25) is 0 Å². The summed E-state index contributed by atoms with van der Waals surface area (Å²) in [6, 6.07) is 5.63. The van der Waals surface area contributed by atoms with E-state index in [1.165, 1.54) is 35.6 Å². The second-order valence-corrected chi connectivity index (χ2v) is 6.80. The maximum atomic E-state index is 10.9. The lowest BCUT2D eigenvalue weighted by atomic mass is 10.3. The first-order chi connectivity index (χ1) is 7.88. The minimum atomic E-state index is -4.17. The van der Waals surface area contributed by atoms with Gasteiger partial charge in [0.25, 0.3) is 10.1 Å². The molecule has 2 N–H and O–H groups in total. The number of H-pyrrole nitrogens is 1. The zero-order chi connectivity index (χ0) is 12.6. The lowest BCUT2D eigenvalue weighted by Gasteiger charge is -2.02. The maximum absolute atomic E-state index is 10.9. The predicted molar refractivity (Wildman–Crippen MR) is 69.5 cm³/mol. The molecule has 0 aliphatic heterocycles. The van der Waals surface area contributed by atoms with Gasteiger partial charge in [-0.3, -0.25) is 9.65 Å². The van der Waals surface area contributed by atoms with E-state index >= 15 is 0 Å². The number of benzene rings is 1. The van der Waals surface area contributed by atoms with Gasteiger partial charge in [-0.2, -0.15) is 8.42 Å². The lowest BCUT2D eigenvalue weighted by Crippen LogP contribution is -2.00. The maximum Gasteiger partial charge on any atom is 0.294 e. The van der Waals surface area contributed by atoms with Crippen LogP contribution in [0.15, 0.2) is 29.2 Å². The lowest BCUT2D eigenvalue weighted by molar-refractivity contribution is 0.483. The van der Waals surface area contributed by atoms with E-state index < -0.39 is 10.1 Å². The topological polar surface area (TPSA) is 75.1 Å². The summed E-state index contributed by atoms with van der Waals surface area (Å²) in [6.45, 7) is 0. The van der Waals surface area contributed by atoms with Crippen LogP contribution in [0.4, 0.5) is 0 Å². The number of hydrogen-bond acceptors (Lipinski definition) is 5. The minimum absolute atomic E-state index is 0.165. The molecule has 1 aromatic carbocycles. The molecule has 9 heteroatoms. The Bertz CT molecular complexity index is 751. The molecule has 0 amide bonds. The summed E-state index contributed by atoms with van der Waals surface area (Å²) in [5.74, 6) is 0. The highest BCUT2D eigenvalue weighted by Gasteiger charge is 2.09. The fourth-order valence-corrected chi connectivity index (χ4v) is 3.13. The van der Waals surface area contributed by atoms with Gasteiger partial charge in [0.15, 0.2) is 7.91 Å². The monoisotopic (exact) mass is 306 g/mol. The van der Waals surface area contributed by atoms with Crippen LogP contribution in [0.25, 0.3) is 5.69 Å². The van der Waals surface area contributed by atoms with Crippen molar-refractivity contribution in [2.24, 2.45) is 0 Å². The van der Waals surface area contributed by atoms with Crippen LogP contribution in [0.3, 0.4) is 0 Å². The molecular formula is C8H6N2O3S4. The van der Waals surface area contributed by atoms with Crippen LogP contribution in [0.2, 0.25) is 0 Å². The summed E-state index contributed by atoms with van der Waals surface area (Å²) in [4.78, 5) is -0.165. The zero-order valence-corrected chi connectivity index (χ0v) is 11.4. The van der Waals surface area contributed by atoms with Crippen molar-refractivity contribution in [1.82, 2.24) is 9.78 Å². The van der Waals surface area contributed by atoms with E-state index in [0.29, 0.717) is 13.6 Å². The highest BCUT2D eigenvalue weighted by molar-refractivity contribution is 7.85. The van der Waals surface area contributed by atoms with Crippen molar-refractivity contribution in [2.75, 3.05) is 0 Å². The van der Waals surface area contributed by atoms with E-state index in [0.717, 1.165) is 0 Å². The fraction of sp³-hybridized carbons (Fsp3) is 0. The van der Waals surface area contributed by atoms with Crippen molar-refractivity contribution in [3.63, 3.8) is 0 Å². The van der Waals surface area contributed by atoms with Crippen LogP contribution >= 0.6 is 35.8 Å². The molecule has 90 valence electrons. The molecule has 0 fully saturated rings. The molecule has 0 unspecified atom stereocenters. The molecule has 0 radical (unpaired) electrons. The number of aromatic nitrogens is 2. The summed E-state index contributed by atoms with van der Waals surface area (Å²) in [5, 5.41) is 2.85. The molecule has 0 bridgehead atoms. The number of nitrogens with zero attached hydrogens (tertiary/aromatic N) is 1. The Labute approximate surface area is 111 Å². The van der Waals surface area contributed by atoms with E-state index in [9.17, 15) is 8.42 Å². The standard InChI is InChI=1S/C8H6N2O3S4/c11-17(12,13)6-3-1-5(2-4-6)10-8(15)16-7(14)9-10/h1-4H,(H,9,14)(H,11,12,13). The number of aromatic amines is 1. The van der Waals surface area contributed by atoms with Crippen LogP contribution in [0.5, 0.6) is 0 Å². The average molecular weight is 306 g/mol. The van der Waals surface area contributed by atoms with Crippen molar-refractivity contribution >= 4 is 45.9 Å². The van der Waals surface area contributed by atoms with Gasteiger partial charge in [-0.1, -0.05) is 11.3 Å². The first kappa shape index (κ1) is 12.6. The molecule has 1 heterocycles. The Morgan fingerprint density at radius 3 is 2.24 bits per heavy atom. The third-order valence-electron chi connectivity index (χ3n) is 1.96. The van der Waals surface area contributed by atoms with Gasteiger partial charge in [0.1, 0.15) is 0 Å². The Kier molecular flexibility index (Phi) is 3.27. The average Bonchev–Trinajstić information content (AvgIpc) is 2.57. The number of rotatable bonds is 2. The first-order valence-electron chi connectivity index (χ1n) is 4.28. The summed E-state index contributed by atoms with van der Waals surface area (Å²) in [5.41, 5.74) is 0.648. The van der Waals surface area contributed by atoms with Gasteiger partial charge in [0, 0.05) is 0 Å². The normalized spacial score (nSPS) is 11.6. The Balaban J connectivity index is 2.54. The van der Waals surface area contributed by atoms with Crippen LogP contribution < -0.4 is 0 Å². The molecule has 0 aliphatic carbocycles. The molecule has 2 rings (SSSR count). The van der Waals surface area contributed by atoms with Crippen molar-refractivity contribution in [2.45, 2.75) is 4.90 Å². The number of hydrogen-bond donors (Lipinski definition) is 2. The highest BCUT2D eigenvalue weighted by atomic mass is 32.2. The summed E-state index contributed by atoms with van der Waals surface area (Å²) >= 11 is 11.3. The second-order valence-electron chi connectivity index (χ2n) is 3.07. The van der Waals surface area contributed by atoms with Crippen molar-refractivity contribution < 1.29 is 13.0 Å². The fourth-order valence-electron chi connectivity index (χ4n) is 1.22. The Morgan fingerprint density at radius 2 is 1.82 bits per heavy atom. The molecule has 17 heavy (non-hydrogen) atoms. The smallest absolute Gasteiger partial charge is 0.282 e. The highest BCUT2D eigenvalue weighted by Crippen LogP contribution is 2.15. The van der Waals surface area contributed by atoms with E-state index in [4.69, 9.17) is 29.0 Å². The van der Waals surface area contributed by atoms with Gasteiger partial charge in [-0.05, 0) is 48.7 Å². The number of nitrogens with one attached hydrogen (secondary N) is 1. The van der Waals surface area contributed by atoms with Crippen molar-refractivity contribution in [3.05, 3.63) is 32.2 Å². The molecule has 5 nitrogen and oxygen atoms in total. The SMILES string of the molecule is O=S(=O)(O)c1ccc(-n2[nH]c(=S)sc2=S)cc1. The van der Waals surface area contributed by atoms with Gasteiger partial charge < -0.3 is 0 Å². The first-order valence-corrected chi connectivity index (χ1v) is 7.35. The van der Waals surface area contributed by atoms with E-state index in [1.54, 1.807) is 4.68 Å². The summed E-state index contributed by atoms with van der Waals surface area (Å²) in [6.07, 6.45) is 0. The van der Waals surface area contributed by atoms with Crippen molar-refractivity contribution in [3.8, 4) is 5.69 Å². The summed E-state index contributed by atoms with van der Waals surface area (Å²) in [7, 11) is -4.17. The largest absolute Gasteiger partial charge is 0.294 e. The minimum Gasteiger partial charge on any atom is -0.282 e. The van der Waals surface area contributed by atoms with Crippen LogP contribution in [-0.4, -0.2) is 22.8 Å². The van der Waals surface area contributed by atoms with Gasteiger partial charge in [-0.15, -0.1) is 0 Å². The molecule has 0 aliphatic rings. The molecule has 1 aromatic heterocycles. The Morgan fingerprint density at radius 1 is 1.24 bits per heavy atom. The van der Waals surface area contributed by atoms with Gasteiger partial charge in [0.05, 0.1) is 10.6 Å². The van der Waals surface area contributed by atoms with Crippen LogP contribution in [-0.2, 0) is 10.1 Å². The molecule has 0 spiro atoms. The van der Waals surface area contributed by atoms with Gasteiger partial charge >= 0.3 is 0 Å². The summed E-state index contributed by atoms with van der Waals surface area (Å²) < 4.78 is 33.2. The van der Waals surface area contributed by atoms with E-state index in [2.05, 4.69) is 5.10 Å². The third kappa shape index (κ3) is 2.69. The van der Waals surface area contributed by atoms with E-state index in [-0.39, 0.29) is 4.90 Å². The zero-order valence-electron chi connectivity index (χ0n) is 8.15. The molecule has 0 saturated heterocycles. The molecule has 0 saturated carbocycles. The van der Waals surface area contributed by atoms with Crippen LogP contribution in [0.1, 0.15) is 0 Å². The quantitative estimate of drug-likeness (QED) is 0.659. The molecule has 2 aromatic rings. The third-order valence-corrected chi connectivity index (χ3v) is 4.23. The van der Waals surface area contributed by atoms with E-state index in [1.807, 2.05) is 0 Å². The second kappa shape index (κ2) is 4.42. The molecular weight excluding hydrogens is 300 g/mol. The Hall–Kier alpha value is -0.870. The van der Waals surface area contributed by atoms with Crippen LogP contribution in [0, 0.1) is 7.91 Å². The van der Waals surface area contributed by atoms with Gasteiger partial charge in [-0.25, -0.2) is 4.68 Å².